The highest BCUT2D eigenvalue weighted by atomic mass is 16.3. The molecule has 3 atom stereocenters. The van der Waals surface area contributed by atoms with Crippen molar-refractivity contribution >= 4 is 0 Å². The zero-order valence-corrected chi connectivity index (χ0v) is 8.48. The third-order valence-corrected chi connectivity index (χ3v) is 2.86. The number of hydrogen-bond acceptors (Lipinski definition) is 2. The first kappa shape index (κ1) is 9.69. The summed E-state index contributed by atoms with van der Waals surface area (Å²) in [5.41, 5.74) is 1.29. The van der Waals surface area contributed by atoms with E-state index in [1.807, 2.05) is 18.2 Å². The van der Waals surface area contributed by atoms with Gasteiger partial charge in [-0.25, -0.2) is 0 Å². The number of nitrogens with one attached hydrogen (secondary N) is 1. The molecule has 0 radical (unpaired) electrons. The highest BCUT2D eigenvalue weighted by molar-refractivity contribution is 5.16. The Bertz CT molecular complexity index is 286. The topological polar surface area (TPSA) is 32.3 Å². The summed E-state index contributed by atoms with van der Waals surface area (Å²) in [6, 6.07) is 11.0. The van der Waals surface area contributed by atoms with Gasteiger partial charge in [0.2, 0.25) is 0 Å². The van der Waals surface area contributed by atoms with Crippen molar-refractivity contribution in [1.82, 2.24) is 5.32 Å². The smallest absolute Gasteiger partial charge is 0.0711 e. The van der Waals surface area contributed by atoms with E-state index in [1.54, 1.807) is 0 Å². The lowest BCUT2D eigenvalue weighted by Gasteiger charge is -2.14. The predicted octanol–water partition coefficient (Wildman–Crippen LogP) is 1.34. The maximum Gasteiger partial charge on any atom is 0.0711 e. The van der Waals surface area contributed by atoms with Gasteiger partial charge in [0, 0.05) is 12.1 Å². The molecule has 1 saturated heterocycles. The number of hydrogen-bond donors (Lipinski definition) is 2. The van der Waals surface area contributed by atoms with Gasteiger partial charge in [-0.2, -0.15) is 0 Å². The summed E-state index contributed by atoms with van der Waals surface area (Å²) in [6.07, 6.45) is 1.61. The lowest BCUT2D eigenvalue weighted by Crippen LogP contribution is -2.34. The summed E-state index contributed by atoms with van der Waals surface area (Å²) in [5.74, 6) is 0. The fraction of sp³-hybridized carbons (Fsp3) is 0.500. The minimum absolute atomic E-state index is 0.190. The van der Waals surface area contributed by atoms with Crippen LogP contribution < -0.4 is 5.32 Å². The lowest BCUT2D eigenvalue weighted by molar-refractivity contribution is 0.158. The van der Waals surface area contributed by atoms with E-state index in [0.29, 0.717) is 6.04 Å². The molecule has 2 nitrogen and oxygen atoms in total. The molecule has 1 aromatic rings. The SMILES string of the molecule is CC1CC(O)C(Cc2ccccc2)N1. The average Bonchev–Trinajstić information content (AvgIpc) is 2.47. The van der Waals surface area contributed by atoms with Gasteiger partial charge in [0.05, 0.1) is 6.10 Å². The fourth-order valence-corrected chi connectivity index (χ4v) is 2.13. The van der Waals surface area contributed by atoms with Gasteiger partial charge in [0.1, 0.15) is 0 Å². The van der Waals surface area contributed by atoms with Crippen molar-refractivity contribution in [3.8, 4) is 0 Å². The van der Waals surface area contributed by atoms with Crippen molar-refractivity contribution in [2.75, 3.05) is 0 Å². The first-order chi connectivity index (χ1) is 6.75. The quantitative estimate of drug-likeness (QED) is 0.739. The molecule has 0 aliphatic carbocycles. The molecule has 2 rings (SSSR count). The minimum Gasteiger partial charge on any atom is -0.391 e. The molecule has 1 heterocycles. The third-order valence-electron chi connectivity index (χ3n) is 2.86. The Morgan fingerprint density at radius 3 is 2.64 bits per heavy atom. The molecule has 14 heavy (non-hydrogen) atoms. The largest absolute Gasteiger partial charge is 0.391 e. The van der Waals surface area contributed by atoms with Crippen LogP contribution in [0.2, 0.25) is 0 Å². The standard InChI is InChI=1S/C12H17NO/c1-9-7-12(14)11(13-9)8-10-5-3-2-4-6-10/h2-6,9,11-14H,7-8H2,1H3. The van der Waals surface area contributed by atoms with Crippen LogP contribution in [0.5, 0.6) is 0 Å². The van der Waals surface area contributed by atoms with Gasteiger partial charge in [-0.15, -0.1) is 0 Å². The molecule has 1 aromatic carbocycles. The molecular weight excluding hydrogens is 174 g/mol. The van der Waals surface area contributed by atoms with Crippen LogP contribution in [0.1, 0.15) is 18.9 Å². The molecule has 1 aliphatic rings. The molecule has 0 spiro atoms. The van der Waals surface area contributed by atoms with Crippen LogP contribution in [0.3, 0.4) is 0 Å². The number of aliphatic hydroxyl groups is 1. The van der Waals surface area contributed by atoms with Crippen LogP contribution in [0, 0.1) is 0 Å². The molecule has 0 saturated carbocycles. The highest BCUT2D eigenvalue weighted by Crippen LogP contribution is 2.16. The van der Waals surface area contributed by atoms with E-state index in [9.17, 15) is 5.11 Å². The van der Waals surface area contributed by atoms with E-state index in [-0.39, 0.29) is 12.1 Å². The summed E-state index contributed by atoms with van der Waals surface area (Å²) in [4.78, 5) is 0. The molecule has 3 unspecified atom stereocenters. The van der Waals surface area contributed by atoms with E-state index in [1.165, 1.54) is 5.56 Å². The summed E-state index contributed by atoms with van der Waals surface area (Å²) >= 11 is 0. The Balaban J connectivity index is 1.98. The summed E-state index contributed by atoms with van der Waals surface area (Å²) in [5, 5.41) is 13.2. The van der Waals surface area contributed by atoms with Crippen LogP contribution in [0.4, 0.5) is 0 Å². The van der Waals surface area contributed by atoms with Crippen molar-refractivity contribution in [2.24, 2.45) is 0 Å². The monoisotopic (exact) mass is 191 g/mol. The van der Waals surface area contributed by atoms with Crippen molar-refractivity contribution in [3.05, 3.63) is 35.9 Å². The lowest BCUT2D eigenvalue weighted by atomic mass is 10.0. The second kappa shape index (κ2) is 4.11. The van der Waals surface area contributed by atoms with Gasteiger partial charge in [-0.3, -0.25) is 0 Å². The van der Waals surface area contributed by atoms with E-state index >= 15 is 0 Å². The summed E-state index contributed by atoms with van der Waals surface area (Å²) < 4.78 is 0. The molecule has 0 aromatic heterocycles. The van der Waals surface area contributed by atoms with Crippen LogP contribution in [-0.2, 0) is 6.42 Å². The highest BCUT2D eigenvalue weighted by Gasteiger charge is 2.29. The molecule has 2 N–H and O–H groups in total. The van der Waals surface area contributed by atoms with E-state index < -0.39 is 0 Å². The van der Waals surface area contributed by atoms with Gasteiger partial charge in [0.15, 0.2) is 0 Å². The predicted molar refractivity (Wildman–Crippen MR) is 57.2 cm³/mol. The van der Waals surface area contributed by atoms with E-state index in [2.05, 4.69) is 24.4 Å². The van der Waals surface area contributed by atoms with Gasteiger partial charge >= 0.3 is 0 Å². The summed E-state index contributed by atoms with van der Waals surface area (Å²) in [7, 11) is 0. The second-order valence-corrected chi connectivity index (χ2v) is 4.17. The maximum atomic E-state index is 9.76. The van der Waals surface area contributed by atoms with Crippen LogP contribution in [0.25, 0.3) is 0 Å². The zero-order valence-electron chi connectivity index (χ0n) is 8.48. The molecular formula is C12H17NO. The first-order valence-corrected chi connectivity index (χ1v) is 5.24. The van der Waals surface area contributed by atoms with Gasteiger partial charge in [-0.05, 0) is 25.3 Å². The second-order valence-electron chi connectivity index (χ2n) is 4.17. The molecule has 0 amide bonds. The molecule has 2 heteroatoms. The van der Waals surface area contributed by atoms with Crippen molar-refractivity contribution in [2.45, 2.75) is 38.0 Å². The Kier molecular flexibility index (Phi) is 2.85. The molecule has 1 aliphatic heterocycles. The fourth-order valence-electron chi connectivity index (χ4n) is 2.13. The molecule has 0 bridgehead atoms. The van der Waals surface area contributed by atoms with Crippen LogP contribution in [0.15, 0.2) is 30.3 Å². The van der Waals surface area contributed by atoms with E-state index in [4.69, 9.17) is 0 Å². The van der Waals surface area contributed by atoms with Crippen molar-refractivity contribution in [3.63, 3.8) is 0 Å². The third kappa shape index (κ3) is 2.14. The summed E-state index contributed by atoms with van der Waals surface area (Å²) in [6.45, 7) is 2.12. The maximum absolute atomic E-state index is 9.76. The Labute approximate surface area is 85.0 Å². The Morgan fingerprint density at radius 1 is 1.36 bits per heavy atom. The van der Waals surface area contributed by atoms with E-state index in [0.717, 1.165) is 12.8 Å². The van der Waals surface area contributed by atoms with Gasteiger partial charge < -0.3 is 10.4 Å². The Hall–Kier alpha value is -0.860. The number of benzene rings is 1. The number of aliphatic hydroxyl groups excluding tert-OH is 1. The van der Waals surface area contributed by atoms with Gasteiger partial charge in [0.25, 0.3) is 0 Å². The normalized spacial score (nSPS) is 32.0. The van der Waals surface area contributed by atoms with Crippen molar-refractivity contribution in [1.29, 1.82) is 0 Å². The van der Waals surface area contributed by atoms with Crippen molar-refractivity contribution < 1.29 is 5.11 Å². The first-order valence-electron chi connectivity index (χ1n) is 5.24. The number of rotatable bonds is 2. The zero-order chi connectivity index (χ0) is 9.97. The van der Waals surface area contributed by atoms with Crippen LogP contribution >= 0.6 is 0 Å². The molecule has 76 valence electrons. The Morgan fingerprint density at radius 2 is 2.07 bits per heavy atom. The average molecular weight is 191 g/mol. The minimum atomic E-state index is -0.190. The molecule has 1 fully saturated rings. The van der Waals surface area contributed by atoms with Crippen LogP contribution in [-0.4, -0.2) is 23.3 Å². The van der Waals surface area contributed by atoms with Gasteiger partial charge in [-0.1, -0.05) is 30.3 Å².